The number of pyridine rings is 1. The molecule has 2 rings (SSSR count). The van der Waals surface area contributed by atoms with Crippen LogP contribution in [0.3, 0.4) is 0 Å². The maximum Gasteiger partial charge on any atom is 0.310 e. The molecule has 1 atom stereocenters. The summed E-state index contributed by atoms with van der Waals surface area (Å²) < 4.78 is 0. The maximum absolute atomic E-state index is 11.8. The lowest BCUT2D eigenvalue weighted by molar-refractivity contribution is -0.138. The first-order chi connectivity index (χ1) is 8.02. The highest BCUT2D eigenvalue weighted by Crippen LogP contribution is 2.27. The summed E-state index contributed by atoms with van der Waals surface area (Å²) in [6, 6.07) is 7.01. The number of rotatable bonds is 2. The first-order valence-electron chi connectivity index (χ1n) is 5.05. The van der Waals surface area contributed by atoms with E-state index in [9.17, 15) is 9.59 Å². The van der Waals surface area contributed by atoms with E-state index in [2.05, 4.69) is 4.98 Å². The van der Waals surface area contributed by atoms with Gasteiger partial charge in [0, 0.05) is 10.9 Å². The number of hydrogen-bond donors (Lipinski definition) is 2. The van der Waals surface area contributed by atoms with Crippen LogP contribution in [0.25, 0.3) is 10.9 Å². The molecule has 0 amide bonds. The van der Waals surface area contributed by atoms with Gasteiger partial charge in [-0.15, -0.1) is 0 Å². The highest BCUT2D eigenvalue weighted by molar-refractivity contribution is 6.36. The molecule has 0 saturated carbocycles. The molecule has 1 unspecified atom stereocenters. The van der Waals surface area contributed by atoms with Gasteiger partial charge in [-0.1, -0.05) is 29.8 Å². The van der Waals surface area contributed by atoms with Crippen LogP contribution in [0, 0.1) is 0 Å². The molecule has 0 aliphatic rings. The number of para-hydroxylation sites is 1. The highest BCUT2D eigenvalue weighted by atomic mass is 35.5. The minimum Gasteiger partial charge on any atom is -0.481 e. The fraction of sp³-hybridized carbons (Fsp3) is 0.167. The van der Waals surface area contributed by atoms with E-state index >= 15 is 0 Å². The molecule has 5 heteroatoms. The van der Waals surface area contributed by atoms with Crippen LogP contribution in [0.4, 0.5) is 0 Å². The van der Waals surface area contributed by atoms with E-state index in [0.29, 0.717) is 10.9 Å². The predicted octanol–water partition coefficient (Wildman–Crippen LogP) is 2.37. The summed E-state index contributed by atoms with van der Waals surface area (Å²) in [4.78, 5) is 25.4. The van der Waals surface area contributed by atoms with Crippen LogP contribution >= 0.6 is 11.6 Å². The quantitative estimate of drug-likeness (QED) is 0.861. The summed E-state index contributed by atoms with van der Waals surface area (Å²) in [6.07, 6.45) is 0. The van der Waals surface area contributed by atoms with E-state index in [-0.39, 0.29) is 10.6 Å². The summed E-state index contributed by atoms with van der Waals surface area (Å²) in [5.74, 6) is -2.01. The van der Waals surface area contributed by atoms with E-state index in [1.807, 2.05) is 0 Å². The number of benzene rings is 1. The van der Waals surface area contributed by atoms with Crippen LogP contribution in [-0.4, -0.2) is 16.1 Å². The molecule has 17 heavy (non-hydrogen) atoms. The van der Waals surface area contributed by atoms with Gasteiger partial charge < -0.3 is 10.1 Å². The zero-order valence-corrected chi connectivity index (χ0v) is 9.78. The van der Waals surface area contributed by atoms with Crippen molar-refractivity contribution in [1.82, 2.24) is 4.98 Å². The van der Waals surface area contributed by atoms with Gasteiger partial charge in [0.05, 0.1) is 16.5 Å². The molecule has 0 aliphatic carbocycles. The number of hydrogen-bond acceptors (Lipinski definition) is 2. The van der Waals surface area contributed by atoms with Gasteiger partial charge in [-0.05, 0) is 13.0 Å². The monoisotopic (exact) mass is 251 g/mol. The lowest BCUT2D eigenvalue weighted by atomic mass is 10.0. The Bertz CT molecular complexity index is 648. The van der Waals surface area contributed by atoms with Crippen molar-refractivity contribution in [1.29, 1.82) is 0 Å². The van der Waals surface area contributed by atoms with E-state index in [1.54, 1.807) is 24.3 Å². The summed E-state index contributed by atoms with van der Waals surface area (Å²) in [6.45, 7) is 1.44. The van der Waals surface area contributed by atoms with E-state index in [1.165, 1.54) is 6.92 Å². The smallest absolute Gasteiger partial charge is 0.310 e. The topological polar surface area (TPSA) is 70.2 Å². The molecule has 0 fully saturated rings. The molecular weight excluding hydrogens is 242 g/mol. The van der Waals surface area contributed by atoms with Crippen molar-refractivity contribution in [2.24, 2.45) is 0 Å². The number of aromatic amines is 1. The van der Waals surface area contributed by atoms with Crippen LogP contribution in [0.2, 0.25) is 5.02 Å². The Morgan fingerprint density at radius 2 is 2.06 bits per heavy atom. The fourth-order valence-corrected chi connectivity index (χ4v) is 2.14. The molecular formula is C12H10ClNO3. The number of H-pyrrole nitrogens is 1. The van der Waals surface area contributed by atoms with Crippen molar-refractivity contribution >= 4 is 28.5 Å². The minimum absolute atomic E-state index is 0.0952. The largest absolute Gasteiger partial charge is 0.481 e. The minimum atomic E-state index is -1.08. The van der Waals surface area contributed by atoms with Crippen molar-refractivity contribution in [3.63, 3.8) is 0 Å². The standard InChI is InChI=1S/C12H10ClNO3/c1-6(12(16)17)9-10(13)7-4-2-3-5-8(7)14-11(9)15/h2-6H,1H3,(H,14,15)(H,16,17). The summed E-state index contributed by atoms with van der Waals surface area (Å²) >= 11 is 6.10. The van der Waals surface area contributed by atoms with Crippen LogP contribution < -0.4 is 5.56 Å². The number of carbonyl (C=O) groups is 1. The third kappa shape index (κ3) is 1.91. The molecule has 2 aromatic rings. The first kappa shape index (κ1) is 11.7. The highest BCUT2D eigenvalue weighted by Gasteiger charge is 2.22. The van der Waals surface area contributed by atoms with E-state index < -0.39 is 17.4 Å². The van der Waals surface area contributed by atoms with Gasteiger partial charge in [0.1, 0.15) is 0 Å². The van der Waals surface area contributed by atoms with Gasteiger partial charge in [0.25, 0.3) is 5.56 Å². The van der Waals surface area contributed by atoms with Gasteiger partial charge in [0.2, 0.25) is 0 Å². The lowest BCUT2D eigenvalue weighted by Gasteiger charge is -2.10. The molecule has 0 bridgehead atoms. The normalized spacial score (nSPS) is 12.6. The Hall–Kier alpha value is -1.81. The maximum atomic E-state index is 11.8. The number of nitrogens with one attached hydrogen (secondary N) is 1. The Balaban J connectivity index is 2.81. The van der Waals surface area contributed by atoms with Crippen molar-refractivity contribution in [3.8, 4) is 0 Å². The molecule has 0 spiro atoms. The van der Waals surface area contributed by atoms with Crippen LogP contribution in [0.15, 0.2) is 29.1 Å². The average Bonchev–Trinajstić information content (AvgIpc) is 2.28. The van der Waals surface area contributed by atoms with Gasteiger partial charge >= 0.3 is 5.97 Å². The number of carboxylic acid groups (broad SMARTS) is 1. The molecule has 88 valence electrons. The molecule has 1 aromatic heterocycles. The lowest BCUT2D eigenvalue weighted by Crippen LogP contribution is -2.20. The zero-order valence-electron chi connectivity index (χ0n) is 9.03. The number of aromatic nitrogens is 1. The predicted molar refractivity (Wildman–Crippen MR) is 65.6 cm³/mol. The summed E-state index contributed by atoms with van der Waals surface area (Å²) in [5, 5.41) is 9.80. The molecule has 1 aromatic carbocycles. The first-order valence-corrected chi connectivity index (χ1v) is 5.43. The second-order valence-corrected chi connectivity index (χ2v) is 4.17. The number of halogens is 1. The van der Waals surface area contributed by atoms with Crippen molar-refractivity contribution in [2.75, 3.05) is 0 Å². The van der Waals surface area contributed by atoms with Gasteiger partial charge in [-0.2, -0.15) is 0 Å². The van der Waals surface area contributed by atoms with Crippen LogP contribution in [-0.2, 0) is 4.79 Å². The van der Waals surface area contributed by atoms with Gasteiger partial charge in [-0.25, -0.2) is 0 Å². The fourth-order valence-electron chi connectivity index (χ4n) is 1.73. The SMILES string of the molecule is CC(C(=O)O)c1c(Cl)c2ccccc2[nH]c1=O. The van der Waals surface area contributed by atoms with E-state index in [0.717, 1.165) is 0 Å². The molecule has 2 N–H and O–H groups in total. The average molecular weight is 252 g/mol. The Morgan fingerprint density at radius 1 is 1.41 bits per heavy atom. The van der Waals surface area contributed by atoms with Gasteiger partial charge in [0.15, 0.2) is 0 Å². The Kier molecular flexibility index (Phi) is 2.90. The van der Waals surface area contributed by atoms with Crippen molar-refractivity contribution in [3.05, 3.63) is 45.2 Å². The van der Waals surface area contributed by atoms with Crippen LogP contribution in [0.1, 0.15) is 18.4 Å². The van der Waals surface area contributed by atoms with Crippen molar-refractivity contribution < 1.29 is 9.90 Å². The van der Waals surface area contributed by atoms with Crippen molar-refractivity contribution in [2.45, 2.75) is 12.8 Å². The van der Waals surface area contributed by atoms with Gasteiger partial charge in [-0.3, -0.25) is 9.59 Å². The molecule has 0 radical (unpaired) electrons. The third-order valence-corrected chi connectivity index (χ3v) is 3.10. The molecule has 0 aliphatic heterocycles. The number of aliphatic carboxylic acids is 1. The molecule has 0 saturated heterocycles. The number of carboxylic acids is 1. The second kappa shape index (κ2) is 4.22. The third-order valence-electron chi connectivity index (χ3n) is 2.70. The second-order valence-electron chi connectivity index (χ2n) is 3.79. The molecule has 1 heterocycles. The Morgan fingerprint density at radius 3 is 2.71 bits per heavy atom. The summed E-state index contributed by atoms with van der Waals surface area (Å²) in [7, 11) is 0. The molecule has 4 nitrogen and oxygen atoms in total. The van der Waals surface area contributed by atoms with E-state index in [4.69, 9.17) is 16.7 Å². The zero-order chi connectivity index (χ0) is 12.6. The Labute approximate surface area is 102 Å². The summed E-state index contributed by atoms with van der Waals surface area (Å²) in [5.41, 5.74) is 0.241. The van der Waals surface area contributed by atoms with Crippen LogP contribution in [0.5, 0.6) is 0 Å². The number of fused-ring (bicyclic) bond motifs is 1.